The van der Waals surface area contributed by atoms with E-state index in [4.69, 9.17) is 32.7 Å². The van der Waals surface area contributed by atoms with Crippen molar-refractivity contribution in [3.63, 3.8) is 0 Å². The van der Waals surface area contributed by atoms with Crippen LogP contribution in [-0.4, -0.2) is 30.3 Å². The van der Waals surface area contributed by atoms with Gasteiger partial charge in [0.1, 0.15) is 5.75 Å². The van der Waals surface area contributed by atoms with E-state index in [0.717, 1.165) is 16.7 Å². The van der Waals surface area contributed by atoms with Crippen LogP contribution in [0.4, 0.5) is 10.5 Å². The van der Waals surface area contributed by atoms with Crippen molar-refractivity contribution < 1.29 is 23.9 Å². The van der Waals surface area contributed by atoms with Gasteiger partial charge in [-0.2, -0.15) is 0 Å². The van der Waals surface area contributed by atoms with Gasteiger partial charge in [0.15, 0.2) is 6.61 Å². The molecule has 1 aliphatic rings. The molecule has 1 aliphatic heterocycles. The fourth-order valence-electron chi connectivity index (χ4n) is 2.50. The van der Waals surface area contributed by atoms with E-state index in [0.29, 0.717) is 22.0 Å². The first-order valence-electron chi connectivity index (χ1n) is 8.50. The number of halogens is 2. The van der Waals surface area contributed by atoms with Gasteiger partial charge in [-0.05, 0) is 66.7 Å². The highest BCUT2D eigenvalue weighted by atomic mass is 35.5. The number of esters is 1. The van der Waals surface area contributed by atoms with Gasteiger partial charge in [-0.15, -0.1) is 0 Å². The first-order chi connectivity index (χ1) is 13.9. The highest BCUT2D eigenvalue weighted by molar-refractivity contribution is 8.19. The Kier molecular flexibility index (Phi) is 6.84. The predicted molar refractivity (Wildman–Crippen MR) is 113 cm³/mol. The van der Waals surface area contributed by atoms with Crippen LogP contribution in [0.3, 0.4) is 0 Å². The van der Waals surface area contributed by atoms with Crippen LogP contribution >= 0.6 is 35.0 Å². The van der Waals surface area contributed by atoms with E-state index in [-0.39, 0.29) is 23.1 Å². The van der Waals surface area contributed by atoms with Crippen molar-refractivity contribution in [1.29, 1.82) is 0 Å². The molecule has 2 aromatic carbocycles. The molecule has 0 saturated carbocycles. The average molecular weight is 452 g/mol. The maximum absolute atomic E-state index is 12.7. The first-order valence-corrected chi connectivity index (χ1v) is 10.1. The third kappa shape index (κ3) is 5.12. The Balaban J connectivity index is 1.75. The van der Waals surface area contributed by atoms with Crippen molar-refractivity contribution in [2.45, 2.75) is 6.92 Å². The summed E-state index contributed by atoms with van der Waals surface area (Å²) in [4.78, 5) is 37.7. The number of hydrogen-bond acceptors (Lipinski definition) is 6. The second-order valence-electron chi connectivity index (χ2n) is 5.78. The van der Waals surface area contributed by atoms with Crippen LogP contribution in [0.5, 0.6) is 5.75 Å². The van der Waals surface area contributed by atoms with Gasteiger partial charge in [-0.3, -0.25) is 9.59 Å². The Hall–Kier alpha value is -2.48. The molecule has 6 nitrogen and oxygen atoms in total. The number of amides is 2. The molecule has 2 aromatic rings. The van der Waals surface area contributed by atoms with Crippen LogP contribution in [0, 0.1) is 0 Å². The van der Waals surface area contributed by atoms with Crippen LogP contribution in [0.15, 0.2) is 47.4 Å². The predicted octanol–water partition coefficient (Wildman–Crippen LogP) is 5.18. The fraction of sp³-hybridized carbons (Fsp3) is 0.150. The molecule has 1 heterocycles. The molecular formula is C20H15Cl2NO5S. The molecular weight excluding hydrogens is 437 g/mol. The Bertz CT molecular complexity index is 991. The number of thioether (sulfide) groups is 1. The molecule has 150 valence electrons. The highest BCUT2D eigenvalue weighted by Crippen LogP contribution is 2.36. The summed E-state index contributed by atoms with van der Waals surface area (Å²) in [6, 6.07) is 11.3. The minimum atomic E-state index is -0.497. The number of nitrogens with zero attached hydrogens (tertiary/aromatic N) is 1. The Morgan fingerprint density at radius 1 is 1.14 bits per heavy atom. The van der Waals surface area contributed by atoms with Crippen LogP contribution in [0.1, 0.15) is 12.5 Å². The number of carbonyl (C=O) groups is 3. The van der Waals surface area contributed by atoms with E-state index in [9.17, 15) is 14.4 Å². The molecule has 9 heteroatoms. The van der Waals surface area contributed by atoms with Crippen LogP contribution in [0.25, 0.3) is 6.08 Å². The molecule has 1 fully saturated rings. The molecule has 0 bridgehead atoms. The van der Waals surface area contributed by atoms with Crippen molar-refractivity contribution >= 4 is 63.8 Å². The zero-order chi connectivity index (χ0) is 21.0. The number of rotatable bonds is 6. The maximum Gasteiger partial charge on any atom is 0.344 e. The third-order valence-corrected chi connectivity index (χ3v) is 5.20. The lowest BCUT2D eigenvalue weighted by Crippen LogP contribution is -2.27. The van der Waals surface area contributed by atoms with Crippen molar-refractivity contribution in [2.75, 3.05) is 18.1 Å². The fourth-order valence-corrected chi connectivity index (χ4v) is 3.71. The van der Waals surface area contributed by atoms with Crippen molar-refractivity contribution in [3.8, 4) is 5.75 Å². The number of carbonyl (C=O) groups excluding carboxylic acids is 3. The normalized spacial score (nSPS) is 15.1. The number of hydrogen-bond donors (Lipinski definition) is 0. The molecule has 0 unspecified atom stereocenters. The summed E-state index contributed by atoms with van der Waals surface area (Å²) in [7, 11) is 0. The molecule has 0 aliphatic carbocycles. The van der Waals surface area contributed by atoms with Gasteiger partial charge in [0, 0.05) is 5.02 Å². The minimum Gasteiger partial charge on any atom is -0.480 e. The summed E-state index contributed by atoms with van der Waals surface area (Å²) in [5.74, 6) is -0.615. The molecule has 0 spiro atoms. The van der Waals surface area contributed by atoms with Gasteiger partial charge in [0.05, 0.1) is 22.2 Å². The highest BCUT2D eigenvalue weighted by Gasteiger charge is 2.36. The summed E-state index contributed by atoms with van der Waals surface area (Å²) in [6.45, 7) is 1.71. The number of imide groups is 1. The maximum atomic E-state index is 12.7. The molecule has 0 radical (unpaired) electrons. The summed E-state index contributed by atoms with van der Waals surface area (Å²) in [5.41, 5.74) is 1.06. The number of benzene rings is 2. The zero-order valence-electron chi connectivity index (χ0n) is 15.2. The van der Waals surface area contributed by atoms with Crippen LogP contribution in [0.2, 0.25) is 10.0 Å². The summed E-state index contributed by atoms with van der Waals surface area (Å²) in [6.07, 6.45) is 1.57. The van der Waals surface area contributed by atoms with E-state index >= 15 is 0 Å². The van der Waals surface area contributed by atoms with Gasteiger partial charge < -0.3 is 9.47 Å². The van der Waals surface area contributed by atoms with Gasteiger partial charge in [0.25, 0.3) is 11.1 Å². The second-order valence-corrected chi connectivity index (χ2v) is 7.61. The summed E-state index contributed by atoms with van der Waals surface area (Å²) in [5, 5.41) is 0.375. The summed E-state index contributed by atoms with van der Waals surface area (Å²) >= 11 is 12.9. The van der Waals surface area contributed by atoms with Crippen LogP contribution in [-0.2, 0) is 14.3 Å². The molecule has 29 heavy (non-hydrogen) atoms. The second kappa shape index (κ2) is 9.35. The topological polar surface area (TPSA) is 72.9 Å². The van der Waals surface area contributed by atoms with Crippen LogP contribution < -0.4 is 9.64 Å². The van der Waals surface area contributed by atoms with E-state index in [1.165, 1.54) is 0 Å². The molecule has 2 amide bonds. The van der Waals surface area contributed by atoms with E-state index in [2.05, 4.69) is 0 Å². The number of ether oxygens (including phenoxy) is 2. The smallest absolute Gasteiger partial charge is 0.344 e. The Morgan fingerprint density at radius 2 is 1.86 bits per heavy atom. The standard InChI is InChI=1S/C20H15Cl2NO5S/c1-2-27-18(24)11-28-16-8-3-12(9-15(16)22)10-17-19(25)23(20(26)29-17)14-6-4-13(21)5-7-14/h3-10H,2,11H2,1H3/b17-10+. The third-order valence-electron chi connectivity index (χ3n) is 3.78. The Labute approximate surface area is 181 Å². The van der Waals surface area contributed by atoms with Gasteiger partial charge >= 0.3 is 5.97 Å². The van der Waals surface area contributed by atoms with Gasteiger partial charge in [0.2, 0.25) is 0 Å². The van der Waals surface area contributed by atoms with Crippen molar-refractivity contribution in [3.05, 3.63) is 63.0 Å². The first kappa shape index (κ1) is 21.2. The molecule has 0 aromatic heterocycles. The number of anilines is 1. The van der Waals surface area contributed by atoms with Gasteiger partial charge in [-0.25, -0.2) is 9.69 Å². The summed E-state index contributed by atoms with van der Waals surface area (Å²) < 4.78 is 10.1. The van der Waals surface area contributed by atoms with E-state index in [1.54, 1.807) is 55.5 Å². The molecule has 3 rings (SSSR count). The zero-order valence-corrected chi connectivity index (χ0v) is 17.5. The van der Waals surface area contributed by atoms with E-state index in [1.807, 2.05) is 0 Å². The lowest BCUT2D eigenvalue weighted by molar-refractivity contribution is -0.145. The SMILES string of the molecule is CCOC(=O)COc1ccc(/C=C2/SC(=O)N(c3ccc(Cl)cc3)C2=O)cc1Cl. The lowest BCUT2D eigenvalue weighted by atomic mass is 10.2. The minimum absolute atomic E-state index is 0.257. The lowest BCUT2D eigenvalue weighted by Gasteiger charge is -2.12. The Morgan fingerprint density at radius 3 is 2.52 bits per heavy atom. The van der Waals surface area contributed by atoms with Gasteiger partial charge in [-0.1, -0.05) is 29.3 Å². The quantitative estimate of drug-likeness (QED) is 0.445. The molecule has 0 atom stereocenters. The monoisotopic (exact) mass is 451 g/mol. The van der Waals surface area contributed by atoms with Crippen molar-refractivity contribution in [2.24, 2.45) is 0 Å². The largest absolute Gasteiger partial charge is 0.480 e. The van der Waals surface area contributed by atoms with E-state index < -0.39 is 17.1 Å². The molecule has 0 N–H and O–H groups in total. The van der Waals surface area contributed by atoms with Crippen molar-refractivity contribution in [1.82, 2.24) is 0 Å². The molecule has 1 saturated heterocycles. The average Bonchev–Trinajstić information content (AvgIpc) is 2.95.